The Morgan fingerprint density at radius 2 is 2.28 bits per heavy atom. The molecule has 0 saturated heterocycles. The molecule has 0 radical (unpaired) electrons. The Bertz CT molecular complexity index is 522. The summed E-state index contributed by atoms with van der Waals surface area (Å²) >= 11 is 0. The molecule has 0 unspecified atom stereocenters. The molecule has 1 aromatic carbocycles. The highest BCUT2D eigenvalue weighted by Gasteiger charge is 2.15. The fourth-order valence-electron chi connectivity index (χ4n) is 2.39. The van der Waals surface area contributed by atoms with Crippen molar-refractivity contribution < 1.29 is 4.52 Å². The van der Waals surface area contributed by atoms with Crippen molar-refractivity contribution in [2.75, 3.05) is 18.5 Å². The van der Waals surface area contributed by atoms with Gasteiger partial charge in [-0.05, 0) is 23.6 Å². The molecule has 4 heteroatoms. The number of aromatic nitrogens is 1. The zero-order chi connectivity index (χ0) is 12.4. The van der Waals surface area contributed by atoms with Crippen LogP contribution in [0.1, 0.15) is 16.9 Å². The number of hydrogen-bond acceptors (Lipinski definition) is 4. The van der Waals surface area contributed by atoms with E-state index in [4.69, 9.17) is 4.52 Å². The zero-order valence-corrected chi connectivity index (χ0v) is 10.5. The molecular weight excluding hydrogens is 226 g/mol. The van der Waals surface area contributed by atoms with Gasteiger partial charge in [-0.3, -0.25) is 0 Å². The maximum atomic E-state index is 5.04. The first-order valence-electron chi connectivity index (χ1n) is 6.26. The number of nitrogens with one attached hydrogen (secondary N) is 1. The quantitative estimate of drug-likeness (QED) is 0.891. The molecule has 2 heterocycles. The Kier molecular flexibility index (Phi) is 3.02. The average Bonchev–Trinajstić information content (AvgIpc) is 3.00. The van der Waals surface area contributed by atoms with Gasteiger partial charge in [0, 0.05) is 31.9 Å². The normalized spacial score (nSPS) is 13.9. The molecule has 94 valence electrons. The highest BCUT2D eigenvalue weighted by molar-refractivity contribution is 5.58. The van der Waals surface area contributed by atoms with Crippen LogP contribution in [-0.2, 0) is 19.5 Å². The molecule has 0 spiro atoms. The van der Waals surface area contributed by atoms with Crippen LogP contribution in [-0.4, -0.2) is 18.7 Å². The van der Waals surface area contributed by atoms with Crippen LogP contribution in [0.25, 0.3) is 0 Å². The summed E-state index contributed by atoms with van der Waals surface area (Å²) in [4.78, 5) is 2.31. The van der Waals surface area contributed by atoms with Crippen LogP contribution >= 0.6 is 0 Å². The van der Waals surface area contributed by atoms with Crippen LogP contribution in [0.2, 0.25) is 0 Å². The van der Waals surface area contributed by atoms with Gasteiger partial charge < -0.3 is 14.7 Å². The zero-order valence-electron chi connectivity index (χ0n) is 10.5. The van der Waals surface area contributed by atoms with Crippen molar-refractivity contribution in [3.05, 3.63) is 47.3 Å². The largest absolute Gasteiger partial charge is 0.374 e. The molecule has 3 rings (SSSR count). The minimum Gasteiger partial charge on any atom is -0.374 e. The molecule has 0 bridgehead atoms. The van der Waals surface area contributed by atoms with Crippen molar-refractivity contribution in [1.29, 1.82) is 0 Å². The first-order valence-corrected chi connectivity index (χ1v) is 6.26. The predicted molar refractivity (Wildman–Crippen MR) is 70.5 cm³/mol. The molecule has 1 aliphatic heterocycles. The van der Waals surface area contributed by atoms with Gasteiger partial charge in [-0.15, -0.1) is 0 Å². The molecule has 1 aromatic heterocycles. The third kappa shape index (κ3) is 2.24. The molecule has 0 fully saturated rings. The lowest BCUT2D eigenvalue weighted by Crippen LogP contribution is -2.13. The monoisotopic (exact) mass is 243 g/mol. The molecule has 0 atom stereocenters. The van der Waals surface area contributed by atoms with Crippen LogP contribution in [0.15, 0.2) is 35.0 Å². The van der Waals surface area contributed by atoms with Gasteiger partial charge in [0.1, 0.15) is 5.76 Å². The van der Waals surface area contributed by atoms with Crippen molar-refractivity contribution in [2.45, 2.75) is 19.5 Å². The Morgan fingerprint density at radius 1 is 1.33 bits per heavy atom. The second-order valence-electron chi connectivity index (χ2n) is 4.72. The Hall–Kier alpha value is -1.81. The fourth-order valence-corrected chi connectivity index (χ4v) is 2.39. The lowest BCUT2D eigenvalue weighted by atomic mass is 10.1. The van der Waals surface area contributed by atoms with Gasteiger partial charge in [-0.25, -0.2) is 0 Å². The standard InChI is InChI=1S/C14H17N3O/c1-17-7-5-12-8-11(2-3-14(12)17)9-15-10-13-4-6-16-18-13/h2-4,6,8,15H,5,7,9-10H2,1H3. The number of anilines is 1. The lowest BCUT2D eigenvalue weighted by Gasteiger charge is -2.12. The Balaban J connectivity index is 1.60. The molecule has 1 N–H and O–H groups in total. The minimum atomic E-state index is 0.719. The smallest absolute Gasteiger partial charge is 0.150 e. The first kappa shape index (κ1) is 11.3. The number of nitrogens with zero attached hydrogens (tertiary/aromatic N) is 2. The van der Waals surface area contributed by atoms with Crippen molar-refractivity contribution in [1.82, 2.24) is 10.5 Å². The Labute approximate surface area is 107 Å². The second kappa shape index (κ2) is 4.82. The van der Waals surface area contributed by atoms with E-state index < -0.39 is 0 Å². The summed E-state index contributed by atoms with van der Waals surface area (Å²) in [6, 6.07) is 8.58. The molecule has 18 heavy (non-hydrogen) atoms. The van der Waals surface area contributed by atoms with Crippen LogP contribution < -0.4 is 10.2 Å². The van der Waals surface area contributed by atoms with Crippen molar-refractivity contribution in [3.63, 3.8) is 0 Å². The van der Waals surface area contributed by atoms with E-state index in [-0.39, 0.29) is 0 Å². The molecule has 0 saturated carbocycles. The van der Waals surface area contributed by atoms with E-state index in [0.717, 1.165) is 31.8 Å². The maximum absolute atomic E-state index is 5.04. The van der Waals surface area contributed by atoms with Gasteiger partial charge in [0.2, 0.25) is 0 Å². The molecular formula is C14H17N3O. The van der Waals surface area contributed by atoms with E-state index in [1.807, 2.05) is 6.07 Å². The third-order valence-corrected chi connectivity index (χ3v) is 3.39. The second-order valence-corrected chi connectivity index (χ2v) is 4.72. The number of fused-ring (bicyclic) bond motifs is 1. The number of benzene rings is 1. The van der Waals surface area contributed by atoms with E-state index in [2.05, 4.69) is 40.6 Å². The summed E-state index contributed by atoms with van der Waals surface area (Å²) < 4.78 is 5.04. The summed E-state index contributed by atoms with van der Waals surface area (Å²) in [6.07, 6.45) is 2.82. The molecule has 4 nitrogen and oxygen atoms in total. The van der Waals surface area contributed by atoms with Crippen LogP contribution in [0.5, 0.6) is 0 Å². The van der Waals surface area contributed by atoms with Crippen molar-refractivity contribution >= 4 is 5.69 Å². The molecule has 0 amide bonds. The molecule has 0 aliphatic carbocycles. The van der Waals surface area contributed by atoms with Crippen molar-refractivity contribution in [3.8, 4) is 0 Å². The SMILES string of the molecule is CN1CCc2cc(CNCc3ccno3)ccc21. The summed E-state index contributed by atoms with van der Waals surface area (Å²) in [5, 5.41) is 7.04. The average molecular weight is 243 g/mol. The topological polar surface area (TPSA) is 41.3 Å². The van der Waals surface area contributed by atoms with Gasteiger partial charge in [-0.2, -0.15) is 0 Å². The van der Waals surface area contributed by atoms with Gasteiger partial charge in [0.05, 0.1) is 12.7 Å². The number of rotatable bonds is 4. The Morgan fingerprint density at radius 3 is 3.11 bits per heavy atom. The van der Waals surface area contributed by atoms with Crippen LogP contribution in [0.3, 0.4) is 0 Å². The summed E-state index contributed by atoms with van der Waals surface area (Å²) in [5.41, 5.74) is 4.15. The fraction of sp³-hybridized carbons (Fsp3) is 0.357. The first-order chi connectivity index (χ1) is 8.83. The van der Waals surface area contributed by atoms with Crippen LogP contribution in [0, 0.1) is 0 Å². The van der Waals surface area contributed by atoms with E-state index in [1.165, 1.54) is 16.8 Å². The highest BCUT2D eigenvalue weighted by Crippen LogP contribution is 2.27. The van der Waals surface area contributed by atoms with E-state index in [1.54, 1.807) is 6.20 Å². The van der Waals surface area contributed by atoms with E-state index >= 15 is 0 Å². The number of likely N-dealkylation sites (N-methyl/N-ethyl adjacent to an activating group) is 1. The van der Waals surface area contributed by atoms with Gasteiger partial charge in [0.15, 0.2) is 0 Å². The molecule has 1 aliphatic rings. The third-order valence-electron chi connectivity index (χ3n) is 3.39. The van der Waals surface area contributed by atoms with Crippen LogP contribution in [0.4, 0.5) is 5.69 Å². The van der Waals surface area contributed by atoms with Crippen molar-refractivity contribution in [2.24, 2.45) is 0 Å². The van der Waals surface area contributed by atoms with Gasteiger partial charge in [0.25, 0.3) is 0 Å². The highest BCUT2D eigenvalue weighted by atomic mass is 16.5. The van der Waals surface area contributed by atoms with Gasteiger partial charge >= 0.3 is 0 Å². The summed E-state index contributed by atoms with van der Waals surface area (Å²) in [6.45, 7) is 2.71. The minimum absolute atomic E-state index is 0.719. The lowest BCUT2D eigenvalue weighted by molar-refractivity contribution is 0.373. The maximum Gasteiger partial charge on any atom is 0.150 e. The summed E-state index contributed by atoms with van der Waals surface area (Å²) in [5.74, 6) is 0.871. The van der Waals surface area contributed by atoms with Gasteiger partial charge in [-0.1, -0.05) is 17.3 Å². The molecule has 2 aromatic rings. The number of hydrogen-bond donors (Lipinski definition) is 1. The van der Waals surface area contributed by atoms with E-state index in [9.17, 15) is 0 Å². The summed E-state index contributed by atoms with van der Waals surface area (Å²) in [7, 11) is 2.15. The van der Waals surface area contributed by atoms with E-state index in [0.29, 0.717) is 0 Å². The predicted octanol–water partition coefficient (Wildman–Crippen LogP) is 1.96.